The van der Waals surface area contributed by atoms with Gasteiger partial charge in [-0.05, 0) is 38.5 Å². The molecule has 3 rings (SSSR count). The van der Waals surface area contributed by atoms with E-state index in [0.29, 0.717) is 12.1 Å². The molecule has 0 radical (unpaired) electrons. The van der Waals surface area contributed by atoms with Crippen LogP contribution in [0.15, 0.2) is 40.5 Å². The normalized spacial score (nSPS) is 17.4. The highest BCUT2D eigenvalue weighted by molar-refractivity contribution is 5.94. The van der Waals surface area contributed by atoms with Gasteiger partial charge in [0.15, 0.2) is 0 Å². The average Bonchev–Trinajstić information content (AvgIpc) is 2.63. The molecule has 20 heavy (non-hydrogen) atoms. The van der Waals surface area contributed by atoms with Gasteiger partial charge in [0.1, 0.15) is 0 Å². The van der Waals surface area contributed by atoms with Gasteiger partial charge in [-0.2, -0.15) is 0 Å². The second-order valence-electron chi connectivity index (χ2n) is 5.32. The van der Waals surface area contributed by atoms with Gasteiger partial charge in [-0.25, -0.2) is 9.79 Å². The van der Waals surface area contributed by atoms with E-state index >= 15 is 0 Å². The Morgan fingerprint density at radius 2 is 2.15 bits per heavy atom. The summed E-state index contributed by atoms with van der Waals surface area (Å²) in [7, 11) is 0. The van der Waals surface area contributed by atoms with Gasteiger partial charge in [0.25, 0.3) is 0 Å². The number of benzene rings is 1. The predicted octanol–water partition coefficient (Wildman–Crippen LogP) is 0.669. The van der Waals surface area contributed by atoms with Gasteiger partial charge in [-0.3, -0.25) is 0 Å². The molecule has 104 valence electrons. The molecule has 1 N–H and O–H groups in total. The summed E-state index contributed by atoms with van der Waals surface area (Å²) >= 11 is 0. The smallest absolute Gasteiger partial charge is 0.337 e. The summed E-state index contributed by atoms with van der Waals surface area (Å²) in [6.45, 7) is 5.08. The van der Waals surface area contributed by atoms with Crippen LogP contribution in [0.3, 0.4) is 0 Å². The van der Waals surface area contributed by atoms with Gasteiger partial charge in [-0.1, -0.05) is 18.2 Å². The minimum absolute atomic E-state index is 0.119. The van der Waals surface area contributed by atoms with Gasteiger partial charge in [-0.15, -0.1) is 0 Å². The Balaban J connectivity index is 2.14. The Hall–Kier alpha value is -1.94. The maximum absolute atomic E-state index is 12.3. The van der Waals surface area contributed by atoms with Gasteiger partial charge >= 0.3 is 5.97 Å². The lowest BCUT2D eigenvalue weighted by molar-refractivity contribution is -0.142. The van der Waals surface area contributed by atoms with Crippen molar-refractivity contribution in [3.8, 4) is 0 Å². The average molecular weight is 270 g/mol. The number of allylic oxidation sites excluding steroid dienone is 1. The summed E-state index contributed by atoms with van der Waals surface area (Å²) < 4.78 is 5.34. The zero-order valence-electron chi connectivity index (χ0n) is 11.8. The SMILES string of the molecule is CC(C)OC(=O)C1=C2N=c3ccccc3=C2CCNC1. The summed E-state index contributed by atoms with van der Waals surface area (Å²) in [5.41, 5.74) is 2.60. The molecule has 4 heteroatoms. The fraction of sp³-hybridized carbons (Fsp3) is 0.375. The van der Waals surface area contributed by atoms with E-state index in [9.17, 15) is 4.79 Å². The molecule has 0 fully saturated rings. The first-order valence-corrected chi connectivity index (χ1v) is 6.99. The van der Waals surface area contributed by atoms with Crippen LogP contribution in [-0.4, -0.2) is 25.2 Å². The molecule has 2 aliphatic heterocycles. The molecule has 0 aromatic heterocycles. The summed E-state index contributed by atoms with van der Waals surface area (Å²) in [6.07, 6.45) is 0.764. The molecule has 0 aliphatic carbocycles. The van der Waals surface area contributed by atoms with Crippen molar-refractivity contribution in [3.05, 3.63) is 46.1 Å². The summed E-state index contributed by atoms with van der Waals surface area (Å²) in [4.78, 5) is 16.9. The molecule has 0 bridgehead atoms. The summed E-state index contributed by atoms with van der Waals surface area (Å²) in [5, 5.41) is 5.36. The maximum Gasteiger partial charge on any atom is 0.337 e. The molecule has 0 spiro atoms. The molecular formula is C16H18N2O2. The van der Waals surface area contributed by atoms with Crippen molar-refractivity contribution in [2.75, 3.05) is 13.1 Å². The molecule has 0 saturated carbocycles. The van der Waals surface area contributed by atoms with Crippen LogP contribution >= 0.6 is 0 Å². The quantitative estimate of drug-likeness (QED) is 0.804. The zero-order chi connectivity index (χ0) is 14.1. The fourth-order valence-corrected chi connectivity index (χ4v) is 2.61. The number of hydrogen-bond acceptors (Lipinski definition) is 4. The summed E-state index contributed by atoms with van der Waals surface area (Å²) in [5.74, 6) is -0.265. The topological polar surface area (TPSA) is 50.7 Å². The third-order valence-corrected chi connectivity index (χ3v) is 3.48. The van der Waals surface area contributed by atoms with Crippen LogP contribution in [0.25, 0.3) is 5.57 Å². The lowest BCUT2D eigenvalue weighted by Crippen LogP contribution is -2.25. The molecule has 0 unspecified atom stereocenters. The van der Waals surface area contributed by atoms with E-state index in [1.807, 2.05) is 32.0 Å². The third-order valence-electron chi connectivity index (χ3n) is 3.48. The number of carbonyl (C=O) groups excluding carboxylic acids is 1. The Kier molecular flexibility index (Phi) is 3.40. The van der Waals surface area contributed by atoms with Crippen LogP contribution < -0.4 is 15.9 Å². The van der Waals surface area contributed by atoms with Crippen LogP contribution in [0, 0.1) is 0 Å². The van der Waals surface area contributed by atoms with Crippen molar-refractivity contribution in [1.82, 2.24) is 5.32 Å². The minimum Gasteiger partial charge on any atom is -0.460 e. The number of nitrogens with one attached hydrogen (secondary N) is 1. The third kappa shape index (κ3) is 2.27. The van der Waals surface area contributed by atoms with Gasteiger partial charge < -0.3 is 10.1 Å². The van der Waals surface area contributed by atoms with Gasteiger partial charge in [0.05, 0.1) is 22.7 Å². The Morgan fingerprint density at radius 3 is 2.95 bits per heavy atom. The van der Waals surface area contributed by atoms with Crippen LogP contribution in [0.1, 0.15) is 20.3 Å². The van der Waals surface area contributed by atoms with E-state index in [1.165, 1.54) is 0 Å². The second kappa shape index (κ2) is 5.21. The highest BCUT2D eigenvalue weighted by Crippen LogP contribution is 2.24. The molecule has 4 nitrogen and oxygen atoms in total. The molecule has 2 aliphatic rings. The Bertz CT molecular complexity index is 701. The van der Waals surface area contributed by atoms with Crippen LogP contribution in [-0.2, 0) is 9.53 Å². The Labute approximate surface area is 117 Å². The molecule has 0 atom stereocenters. The molecule has 1 aromatic carbocycles. The first kappa shape index (κ1) is 13.1. The second-order valence-corrected chi connectivity index (χ2v) is 5.32. The number of ether oxygens (including phenoxy) is 1. The van der Waals surface area contributed by atoms with Crippen molar-refractivity contribution in [3.63, 3.8) is 0 Å². The molecule has 0 amide bonds. The van der Waals surface area contributed by atoms with Crippen LogP contribution in [0.4, 0.5) is 0 Å². The standard InChI is InChI=1S/C16H18N2O2/c1-10(2)20-16(19)13-9-17-8-7-12-11-5-3-4-6-14(11)18-15(12)13/h3-6,10,17H,7-9H2,1-2H3. The van der Waals surface area contributed by atoms with E-state index in [-0.39, 0.29) is 12.1 Å². The largest absolute Gasteiger partial charge is 0.460 e. The van der Waals surface area contributed by atoms with Crippen molar-refractivity contribution >= 4 is 11.5 Å². The molecule has 0 saturated heterocycles. The van der Waals surface area contributed by atoms with Crippen molar-refractivity contribution in [1.29, 1.82) is 0 Å². The van der Waals surface area contributed by atoms with Crippen molar-refractivity contribution < 1.29 is 9.53 Å². The minimum atomic E-state index is -0.265. The number of para-hydroxylation sites is 1. The first-order chi connectivity index (χ1) is 9.66. The number of rotatable bonds is 2. The molecular weight excluding hydrogens is 252 g/mol. The van der Waals surface area contributed by atoms with E-state index in [4.69, 9.17) is 4.74 Å². The monoisotopic (exact) mass is 270 g/mol. The van der Waals surface area contributed by atoms with Crippen LogP contribution in [0.5, 0.6) is 0 Å². The Morgan fingerprint density at radius 1 is 1.35 bits per heavy atom. The number of esters is 1. The highest BCUT2D eigenvalue weighted by Gasteiger charge is 2.25. The predicted molar refractivity (Wildman–Crippen MR) is 76.4 cm³/mol. The lowest BCUT2D eigenvalue weighted by Gasteiger charge is -2.11. The number of nitrogens with zero attached hydrogens (tertiary/aromatic N) is 1. The van der Waals surface area contributed by atoms with Gasteiger partial charge in [0.2, 0.25) is 0 Å². The van der Waals surface area contributed by atoms with Crippen LogP contribution in [0.2, 0.25) is 0 Å². The molecule has 2 heterocycles. The van der Waals surface area contributed by atoms with E-state index in [2.05, 4.69) is 16.4 Å². The van der Waals surface area contributed by atoms with Crippen molar-refractivity contribution in [2.45, 2.75) is 26.4 Å². The number of carbonyl (C=O) groups is 1. The lowest BCUT2D eigenvalue weighted by atomic mass is 10.0. The zero-order valence-corrected chi connectivity index (χ0v) is 11.8. The molecule has 1 aromatic rings. The first-order valence-electron chi connectivity index (χ1n) is 6.99. The number of fused-ring (bicyclic) bond motifs is 2. The summed E-state index contributed by atoms with van der Waals surface area (Å²) in [6, 6.07) is 8.04. The van der Waals surface area contributed by atoms with E-state index in [1.54, 1.807) is 0 Å². The fourth-order valence-electron chi connectivity index (χ4n) is 2.61. The highest BCUT2D eigenvalue weighted by atomic mass is 16.5. The van der Waals surface area contributed by atoms with Crippen molar-refractivity contribution in [2.24, 2.45) is 4.99 Å². The van der Waals surface area contributed by atoms with E-state index < -0.39 is 0 Å². The van der Waals surface area contributed by atoms with E-state index in [0.717, 1.165) is 34.8 Å². The maximum atomic E-state index is 12.3. The van der Waals surface area contributed by atoms with Gasteiger partial charge in [0, 0.05) is 11.8 Å². The number of hydrogen-bond donors (Lipinski definition) is 1.